The maximum atomic E-state index is 6.13. The van der Waals surface area contributed by atoms with Crippen LogP contribution in [0.15, 0.2) is 4.52 Å². The summed E-state index contributed by atoms with van der Waals surface area (Å²) in [6.07, 6.45) is 5.61. The number of hydrogen-bond donors (Lipinski definition) is 1. The minimum Gasteiger partial charge on any atom is -0.359 e. The van der Waals surface area contributed by atoms with E-state index in [2.05, 4.69) is 19.0 Å². The lowest BCUT2D eigenvalue weighted by Gasteiger charge is -2.14. The van der Waals surface area contributed by atoms with Gasteiger partial charge >= 0.3 is 0 Å². The van der Waals surface area contributed by atoms with E-state index in [0.717, 1.165) is 30.7 Å². The molecule has 3 heteroatoms. The first-order chi connectivity index (χ1) is 7.18. The van der Waals surface area contributed by atoms with Gasteiger partial charge in [-0.2, -0.15) is 0 Å². The van der Waals surface area contributed by atoms with Crippen LogP contribution in [-0.4, -0.2) is 5.16 Å². The summed E-state index contributed by atoms with van der Waals surface area (Å²) in [6, 6.07) is 0.0272. The van der Waals surface area contributed by atoms with Crippen molar-refractivity contribution < 1.29 is 4.52 Å². The van der Waals surface area contributed by atoms with E-state index in [1.54, 1.807) is 0 Å². The molecule has 0 radical (unpaired) electrons. The predicted octanol–water partition coefficient (Wildman–Crippen LogP) is 2.60. The van der Waals surface area contributed by atoms with Crippen molar-refractivity contribution in [2.45, 2.75) is 52.0 Å². The van der Waals surface area contributed by atoms with Gasteiger partial charge in [-0.1, -0.05) is 19.0 Å². The normalized spacial score (nSPS) is 17.9. The first kappa shape index (κ1) is 10.7. The Labute approximate surface area is 91.0 Å². The van der Waals surface area contributed by atoms with Gasteiger partial charge in [-0.3, -0.25) is 0 Å². The molecule has 1 atom stereocenters. The summed E-state index contributed by atoms with van der Waals surface area (Å²) in [4.78, 5) is 0. The molecule has 0 aromatic carbocycles. The van der Waals surface area contributed by atoms with Crippen molar-refractivity contribution in [2.24, 2.45) is 11.7 Å². The third kappa shape index (κ3) is 2.23. The van der Waals surface area contributed by atoms with Crippen molar-refractivity contribution in [3.63, 3.8) is 0 Å². The van der Waals surface area contributed by atoms with Crippen LogP contribution in [-0.2, 0) is 12.8 Å². The standard InChI is InChI=1S/C12H20N2O/c1-8(2)7-10(13)12-9-5-3-4-6-11(9)14-15-12/h8,10H,3-7,13H2,1-2H3/t10-/m1/s1. The molecule has 1 aromatic heterocycles. The highest BCUT2D eigenvalue weighted by molar-refractivity contribution is 5.27. The Morgan fingerprint density at radius 1 is 1.33 bits per heavy atom. The molecule has 0 saturated carbocycles. The van der Waals surface area contributed by atoms with Gasteiger partial charge in [0.15, 0.2) is 5.76 Å². The SMILES string of the molecule is CC(C)C[C@@H](N)c1onc2c1CCCC2. The Balaban J connectivity index is 2.17. The highest BCUT2D eigenvalue weighted by Gasteiger charge is 2.23. The minimum atomic E-state index is 0.0272. The van der Waals surface area contributed by atoms with Crippen LogP contribution < -0.4 is 5.73 Å². The molecule has 1 aliphatic carbocycles. The van der Waals surface area contributed by atoms with Gasteiger partial charge in [-0.05, 0) is 38.0 Å². The number of aromatic nitrogens is 1. The molecule has 0 saturated heterocycles. The Hall–Kier alpha value is -0.830. The molecule has 84 valence electrons. The zero-order valence-corrected chi connectivity index (χ0v) is 9.62. The molecule has 0 aliphatic heterocycles. The molecule has 1 heterocycles. The van der Waals surface area contributed by atoms with Gasteiger partial charge in [0.25, 0.3) is 0 Å². The van der Waals surface area contributed by atoms with Crippen molar-refractivity contribution in [3.8, 4) is 0 Å². The van der Waals surface area contributed by atoms with Gasteiger partial charge in [0.1, 0.15) is 0 Å². The molecule has 0 amide bonds. The zero-order valence-electron chi connectivity index (χ0n) is 9.62. The number of nitrogens with two attached hydrogens (primary N) is 1. The van der Waals surface area contributed by atoms with Gasteiger partial charge in [0.2, 0.25) is 0 Å². The number of rotatable bonds is 3. The Bertz CT molecular complexity index is 330. The summed E-state index contributed by atoms with van der Waals surface area (Å²) in [5.74, 6) is 1.54. The summed E-state index contributed by atoms with van der Waals surface area (Å²) in [5, 5.41) is 4.13. The van der Waals surface area contributed by atoms with Crippen LogP contribution in [0.1, 0.15) is 56.2 Å². The van der Waals surface area contributed by atoms with Crippen LogP contribution in [0.3, 0.4) is 0 Å². The maximum Gasteiger partial charge on any atom is 0.156 e. The van der Waals surface area contributed by atoms with Crippen LogP contribution in [0.4, 0.5) is 0 Å². The van der Waals surface area contributed by atoms with E-state index in [-0.39, 0.29) is 6.04 Å². The molecule has 0 fully saturated rings. The third-order valence-electron chi connectivity index (χ3n) is 3.05. The van der Waals surface area contributed by atoms with Crippen LogP contribution in [0.2, 0.25) is 0 Å². The Kier molecular flexibility index (Phi) is 3.10. The van der Waals surface area contributed by atoms with Crippen LogP contribution in [0, 0.1) is 5.92 Å². The monoisotopic (exact) mass is 208 g/mol. The fraction of sp³-hybridized carbons (Fsp3) is 0.750. The highest BCUT2D eigenvalue weighted by atomic mass is 16.5. The van der Waals surface area contributed by atoms with Gasteiger partial charge in [-0.25, -0.2) is 0 Å². The summed E-state index contributed by atoms with van der Waals surface area (Å²) in [7, 11) is 0. The lowest BCUT2D eigenvalue weighted by Crippen LogP contribution is -2.15. The highest BCUT2D eigenvalue weighted by Crippen LogP contribution is 2.29. The second-order valence-electron chi connectivity index (χ2n) is 4.92. The van der Waals surface area contributed by atoms with E-state index in [1.807, 2.05) is 0 Å². The molecule has 0 bridgehead atoms. The van der Waals surface area contributed by atoms with Crippen molar-refractivity contribution in [3.05, 3.63) is 17.0 Å². The average Bonchev–Trinajstić information content (AvgIpc) is 2.59. The quantitative estimate of drug-likeness (QED) is 0.830. The second-order valence-corrected chi connectivity index (χ2v) is 4.92. The summed E-state index contributed by atoms with van der Waals surface area (Å²) in [6.45, 7) is 4.37. The van der Waals surface area contributed by atoms with E-state index in [0.29, 0.717) is 5.92 Å². The third-order valence-corrected chi connectivity index (χ3v) is 3.05. The van der Waals surface area contributed by atoms with Crippen LogP contribution >= 0.6 is 0 Å². The largest absolute Gasteiger partial charge is 0.359 e. The summed E-state index contributed by atoms with van der Waals surface area (Å²) in [5.41, 5.74) is 8.58. The fourth-order valence-corrected chi connectivity index (χ4v) is 2.32. The first-order valence-corrected chi connectivity index (χ1v) is 5.91. The Morgan fingerprint density at radius 3 is 2.80 bits per heavy atom. The predicted molar refractivity (Wildman–Crippen MR) is 59.5 cm³/mol. The second kappa shape index (κ2) is 4.35. The van der Waals surface area contributed by atoms with E-state index in [1.165, 1.54) is 18.4 Å². The van der Waals surface area contributed by atoms with Crippen molar-refractivity contribution in [1.82, 2.24) is 5.16 Å². The van der Waals surface area contributed by atoms with Crippen molar-refractivity contribution in [2.75, 3.05) is 0 Å². The maximum absolute atomic E-state index is 6.13. The number of fused-ring (bicyclic) bond motifs is 1. The van der Waals surface area contributed by atoms with E-state index in [9.17, 15) is 0 Å². The van der Waals surface area contributed by atoms with Crippen LogP contribution in [0.25, 0.3) is 0 Å². The molecule has 15 heavy (non-hydrogen) atoms. The van der Waals surface area contributed by atoms with Gasteiger partial charge in [-0.15, -0.1) is 0 Å². The van der Waals surface area contributed by atoms with E-state index < -0.39 is 0 Å². The van der Waals surface area contributed by atoms with Crippen molar-refractivity contribution in [1.29, 1.82) is 0 Å². The molecule has 2 N–H and O–H groups in total. The van der Waals surface area contributed by atoms with Gasteiger partial charge < -0.3 is 10.3 Å². The lowest BCUT2D eigenvalue weighted by molar-refractivity contribution is 0.338. The topological polar surface area (TPSA) is 52.0 Å². The van der Waals surface area contributed by atoms with Gasteiger partial charge in [0.05, 0.1) is 11.7 Å². The molecule has 3 nitrogen and oxygen atoms in total. The molecule has 0 unspecified atom stereocenters. The minimum absolute atomic E-state index is 0.0272. The molecular formula is C12H20N2O. The molecule has 2 rings (SSSR count). The van der Waals surface area contributed by atoms with Crippen molar-refractivity contribution >= 4 is 0 Å². The zero-order chi connectivity index (χ0) is 10.8. The fourth-order valence-electron chi connectivity index (χ4n) is 2.32. The first-order valence-electron chi connectivity index (χ1n) is 5.91. The summed E-state index contributed by atoms with van der Waals surface area (Å²) < 4.78 is 5.41. The van der Waals surface area contributed by atoms with E-state index in [4.69, 9.17) is 10.3 Å². The molecule has 0 spiro atoms. The van der Waals surface area contributed by atoms with Gasteiger partial charge in [0, 0.05) is 5.56 Å². The molecular weight excluding hydrogens is 188 g/mol. The smallest absolute Gasteiger partial charge is 0.156 e. The Morgan fingerprint density at radius 2 is 2.07 bits per heavy atom. The number of nitrogens with zero attached hydrogens (tertiary/aromatic N) is 1. The van der Waals surface area contributed by atoms with Crippen LogP contribution in [0.5, 0.6) is 0 Å². The van der Waals surface area contributed by atoms with E-state index >= 15 is 0 Å². The number of aryl methyl sites for hydroxylation is 1. The summed E-state index contributed by atoms with van der Waals surface area (Å²) >= 11 is 0. The molecule has 1 aromatic rings. The molecule has 1 aliphatic rings. The lowest BCUT2D eigenvalue weighted by atomic mass is 9.92. The average molecular weight is 208 g/mol. The number of hydrogen-bond acceptors (Lipinski definition) is 3.